The second kappa shape index (κ2) is 7.05. The van der Waals surface area contributed by atoms with E-state index in [-0.39, 0.29) is 34.7 Å². The van der Waals surface area contributed by atoms with E-state index in [0.717, 1.165) is 0 Å². The normalized spacial score (nSPS) is 12.4. The zero-order valence-electron chi connectivity index (χ0n) is 10.4. The van der Waals surface area contributed by atoms with Crippen molar-refractivity contribution in [1.82, 2.24) is 0 Å². The summed E-state index contributed by atoms with van der Waals surface area (Å²) in [5, 5.41) is 9.70. The molecule has 0 spiro atoms. The van der Waals surface area contributed by atoms with Gasteiger partial charge in [-0.3, -0.25) is 0 Å². The molecule has 0 unspecified atom stereocenters. The van der Waals surface area contributed by atoms with E-state index in [1.165, 1.54) is 19.1 Å². The van der Waals surface area contributed by atoms with E-state index in [1.807, 2.05) is 0 Å². The minimum absolute atomic E-state index is 0. The number of anilines is 1. The van der Waals surface area contributed by atoms with Crippen LogP contribution in [0.1, 0.15) is 18.5 Å². The van der Waals surface area contributed by atoms with E-state index in [2.05, 4.69) is 20.7 Å². The first-order valence-corrected chi connectivity index (χ1v) is 6.10. The molecule has 0 aliphatic heterocycles. The van der Waals surface area contributed by atoms with E-state index < -0.39 is 23.7 Å². The van der Waals surface area contributed by atoms with Crippen LogP contribution in [0.3, 0.4) is 0 Å². The Morgan fingerprint density at radius 3 is 2.60 bits per heavy atom. The molecule has 0 aromatic heterocycles. The Kier molecular flexibility index (Phi) is 6.66. The Morgan fingerprint density at radius 1 is 1.55 bits per heavy atom. The van der Waals surface area contributed by atoms with Gasteiger partial charge in [-0.1, -0.05) is 15.9 Å². The largest absolute Gasteiger partial charge is 0.505 e. The monoisotopic (exact) mass is 374 g/mol. The highest BCUT2D eigenvalue weighted by Gasteiger charge is 2.49. The van der Waals surface area contributed by atoms with E-state index >= 15 is 0 Å². The van der Waals surface area contributed by atoms with Crippen molar-refractivity contribution in [2.45, 2.75) is 18.9 Å². The number of phenolic OH excluding ortho intramolecular Hbond substituents is 1. The minimum Gasteiger partial charge on any atom is -0.505 e. The van der Waals surface area contributed by atoms with Gasteiger partial charge in [0.15, 0.2) is 0 Å². The van der Waals surface area contributed by atoms with Gasteiger partial charge in [-0.15, -0.1) is 12.4 Å². The van der Waals surface area contributed by atoms with Crippen LogP contribution in [0.5, 0.6) is 5.75 Å². The third kappa shape index (κ3) is 3.50. The SMILES string of the molecule is CCOC(=O)C(F)(F)[C@H](N)c1c(Br)ccc(N)c1O.Cl. The highest BCUT2D eigenvalue weighted by Crippen LogP contribution is 2.41. The number of carbonyl (C=O) groups excluding carboxylic acids is 1. The van der Waals surface area contributed by atoms with Crippen LogP contribution < -0.4 is 11.5 Å². The summed E-state index contributed by atoms with van der Waals surface area (Å²) in [6.07, 6.45) is 0. The predicted octanol–water partition coefficient (Wildman–Crippen LogP) is 2.36. The third-order valence-corrected chi connectivity index (χ3v) is 3.14. The van der Waals surface area contributed by atoms with Gasteiger partial charge in [0.1, 0.15) is 11.8 Å². The van der Waals surface area contributed by atoms with E-state index in [0.29, 0.717) is 0 Å². The van der Waals surface area contributed by atoms with Gasteiger partial charge < -0.3 is 21.3 Å². The molecule has 1 rings (SSSR count). The highest BCUT2D eigenvalue weighted by atomic mass is 79.9. The number of hydrogen-bond acceptors (Lipinski definition) is 5. The van der Waals surface area contributed by atoms with Crippen LogP contribution in [0.25, 0.3) is 0 Å². The molecule has 9 heteroatoms. The number of rotatable bonds is 4. The van der Waals surface area contributed by atoms with Crippen LogP contribution in [0.2, 0.25) is 0 Å². The van der Waals surface area contributed by atoms with Crippen molar-refractivity contribution in [2.24, 2.45) is 5.73 Å². The first kappa shape index (κ1) is 18.9. The van der Waals surface area contributed by atoms with Gasteiger partial charge in [-0.05, 0) is 19.1 Å². The maximum absolute atomic E-state index is 13.8. The summed E-state index contributed by atoms with van der Waals surface area (Å²) < 4.78 is 32.0. The minimum atomic E-state index is -3.98. The number of halogens is 4. The van der Waals surface area contributed by atoms with E-state index in [1.54, 1.807) is 0 Å². The van der Waals surface area contributed by atoms with Gasteiger partial charge >= 0.3 is 11.9 Å². The summed E-state index contributed by atoms with van der Waals surface area (Å²) in [6, 6.07) is 0.591. The molecule has 0 heterocycles. The topological polar surface area (TPSA) is 98.6 Å². The van der Waals surface area contributed by atoms with Crippen LogP contribution in [0.4, 0.5) is 14.5 Å². The summed E-state index contributed by atoms with van der Waals surface area (Å²) in [7, 11) is 0. The molecular weight excluding hydrogens is 361 g/mol. The average molecular weight is 376 g/mol. The smallest absolute Gasteiger partial charge is 0.379 e. The van der Waals surface area contributed by atoms with Crippen LogP contribution >= 0.6 is 28.3 Å². The number of aromatic hydroxyl groups is 1. The van der Waals surface area contributed by atoms with E-state index in [9.17, 15) is 18.7 Å². The number of carbonyl (C=O) groups is 1. The highest BCUT2D eigenvalue weighted by molar-refractivity contribution is 9.10. The molecular formula is C11H14BrClF2N2O3. The zero-order chi connectivity index (χ0) is 14.8. The lowest BCUT2D eigenvalue weighted by Gasteiger charge is -2.23. The van der Waals surface area contributed by atoms with Crippen molar-refractivity contribution in [2.75, 3.05) is 12.3 Å². The molecule has 0 aliphatic carbocycles. The molecule has 20 heavy (non-hydrogen) atoms. The molecule has 0 bridgehead atoms. The van der Waals surface area contributed by atoms with Crippen molar-refractivity contribution in [3.8, 4) is 5.75 Å². The molecule has 1 aromatic carbocycles. The molecule has 1 aromatic rings. The summed E-state index contributed by atoms with van der Waals surface area (Å²) >= 11 is 2.98. The zero-order valence-corrected chi connectivity index (χ0v) is 12.8. The number of phenols is 1. The van der Waals surface area contributed by atoms with Gasteiger partial charge in [0.2, 0.25) is 0 Å². The fraction of sp³-hybridized carbons (Fsp3) is 0.364. The molecule has 5 N–H and O–H groups in total. The summed E-state index contributed by atoms with van der Waals surface area (Å²) in [5.41, 5.74) is 10.3. The van der Waals surface area contributed by atoms with Crippen molar-refractivity contribution < 1.29 is 23.4 Å². The second-order valence-corrected chi connectivity index (χ2v) is 4.57. The first-order valence-electron chi connectivity index (χ1n) is 5.30. The standard InChI is InChI=1S/C11H13BrF2N2O3.ClH/c1-2-19-10(18)11(13,14)9(16)7-5(12)3-4-6(15)8(7)17;/h3-4,9,17H,2,15-16H2,1H3;1H/t9-;/m1./s1. The maximum atomic E-state index is 13.8. The van der Waals surface area contributed by atoms with Gasteiger partial charge in [0.05, 0.1) is 12.3 Å². The Bertz CT molecular complexity index is 503. The van der Waals surface area contributed by atoms with Crippen molar-refractivity contribution in [3.05, 3.63) is 22.2 Å². The lowest BCUT2D eigenvalue weighted by molar-refractivity contribution is -0.174. The van der Waals surface area contributed by atoms with Crippen LogP contribution in [-0.2, 0) is 9.53 Å². The Morgan fingerprint density at radius 2 is 2.10 bits per heavy atom. The molecule has 0 saturated carbocycles. The molecule has 0 radical (unpaired) electrons. The van der Waals surface area contributed by atoms with Crippen LogP contribution in [0.15, 0.2) is 16.6 Å². The van der Waals surface area contributed by atoms with Crippen LogP contribution in [-0.4, -0.2) is 23.6 Å². The molecule has 0 fully saturated rings. The summed E-state index contributed by atoms with van der Waals surface area (Å²) in [4.78, 5) is 11.2. The Hall–Kier alpha value is -1.12. The molecule has 0 aliphatic rings. The lowest BCUT2D eigenvalue weighted by atomic mass is 9.99. The van der Waals surface area contributed by atoms with Crippen molar-refractivity contribution >= 4 is 40.0 Å². The fourth-order valence-corrected chi connectivity index (χ4v) is 2.00. The first-order chi connectivity index (χ1) is 8.73. The van der Waals surface area contributed by atoms with Crippen molar-refractivity contribution in [3.63, 3.8) is 0 Å². The Labute approximate surface area is 128 Å². The fourth-order valence-electron chi connectivity index (χ4n) is 1.43. The molecule has 114 valence electrons. The van der Waals surface area contributed by atoms with Gasteiger partial charge in [-0.25, -0.2) is 4.79 Å². The molecule has 0 saturated heterocycles. The maximum Gasteiger partial charge on any atom is 0.379 e. The number of ether oxygens (including phenoxy) is 1. The lowest BCUT2D eigenvalue weighted by Crippen LogP contribution is -2.42. The predicted molar refractivity (Wildman–Crippen MR) is 76.0 cm³/mol. The van der Waals surface area contributed by atoms with E-state index in [4.69, 9.17) is 11.5 Å². The number of nitrogens with two attached hydrogens (primary N) is 2. The quantitative estimate of drug-likeness (QED) is 0.426. The number of hydrogen-bond donors (Lipinski definition) is 3. The van der Waals surface area contributed by atoms with Crippen LogP contribution in [0, 0.1) is 0 Å². The molecule has 1 atom stereocenters. The van der Waals surface area contributed by atoms with Gasteiger partial charge in [-0.2, -0.15) is 8.78 Å². The number of esters is 1. The molecule has 0 amide bonds. The number of alkyl halides is 2. The molecule has 5 nitrogen and oxygen atoms in total. The van der Waals surface area contributed by atoms with Crippen molar-refractivity contribution in [1.29, 1.82) is 0 Å². The average Bonchev–Trinajstić information content (AvgIpc) is 2.34. The number of benzene rings is 1. The summed E-state index contributed by atoms with van der Waals surface area (Å²) in [6.45, 7) is 1.19. The second-order valence-electron chi connectivity index (χ2n) is 3.72. The van der Waals surface area contributed by atoms with Gasteiger partial charge in [0, 0.05) is 10.0 Å². The van der Waals surface area contributed by atoms with Gasteiger partial charge in [0.25, 0.3) is 0 Å². The summed E-state index contributed by atoms with van der Waals surface area (Å²) in [5.74, 6) is -6.33. The number of nitrogen functional groups attached to an aromatic ring is 1. The Balaban J connectivity index is 0.00000361. The third-order valence-electron chi connectivity index (χ3n) is 2.44.